The van der Waals surface area contributed by atoms with Gasteiger partial charge in [0.25, 0.3) is 5.91 Å². The van der Waals surface area contributed by atoms with Gasteiger partial charge in [-0.3, -0.25) is 14.4 Å². The van der Waals surface area contributed by atoms with Gasteiger partial charge in [-0.1, -0.05) is 30.3 Å². The molecule has 47 heavy (non-hydrogen) atoms. The lowest BCUT2D eigenvalue weighted by molar-refractivity contribution is 0.0642. The molecule has 2 atom stereocenters. The molecular formula is C37H44FN5O3S. The molecule has 3 aliphatic heterocycles. The summed E-state index contributed by atoms with van der Waals surface area (Å²) in [6, 6.07) is 23.7. The summed E-state index contributed by atoms with van der Waals surface area (Å²) in [6.07, 6.45) is 9.33. The van der Waals surface area contributed by atoms with Gasteiger partial charge >= 0.3 is 0 Å². The highest BCUT2D eigenvalue weighted by Crippen LogP contribution is 2.44. The molecule has 0 aliphatic carbocycles. The number of carbonyl (C=O) groups is 1. The Bertz CT molecular complexity index is 1870. The number of piperidine rings is 2. The van der Waals surface area contributed by atoms with E-state index < -0.39 is 10.0 Å². The Labute approximate surface area is 277 Å². The Morgan fingerprint density at radius 2 is 1.68 bits per heavy atom. The number of imidazole rings is 1. The number of anilines is 1. The molecule has 4 heterocycles. The summed E-state index contributed by atoms with van der Waals surface area (Å²) >= 11 is 0. The fourth-order valence-corrected chi connectivity index (χ4v) is 9.35. The lowest BCUT2D eigenvalue weighted by Crippen LogP contribution is -2.46. The number of aryl methyl sites for hydroxylation is 1. The molecule has 0 saturated carbocycles. The lowest BCUT2D eigenvalue weighted by atomic mass is 9.69. The summed E-state index contributed by atoms with van der Waals surface area (Å²) in [7, 11) is -3.45. The third-order valence-corrected chi connectivity index (χ3v) is 11.5. The quantitative estimate of drug-likeness (QED) is 0.217. The van der Waals surface area contributed by atoms with Crippen molar-refractivity contribution in [3.63, 3.8) is 0 Å². The van der Waals surface area contributed by atoms with Crippen LogP contribution >= 0.6 is 0 Å². The summed E-state index contributed by atoms with van der Waals surface area (Å²) in [5.41, 5.74) is 3.96. The molecule has 3 fully saturated rings. The molecule has 0 radical (unpaired) electrons. The Kier molecular flexibility index (Phi) is 8.59. The molecular weight excluding hydrogens is 614 g/mol. The van der Waals surface area contributed by atoms with Gasteiger partial charge in [-0.2, -0.15) is 0 Å². The molecule has 1 amide bonds. The van der Waals surface area contributed by atoms with Crippen molar-refractivity contribution in [2.45, 2.75) is 81.8 Å². The van der Waals surface area contributed by atoms with E-state index in [1.54, 1.807) is 36.4 Å². The maximum absolute atomic E-state index is 14.5. The maximum Gasteiger partial charge on any atom is 0.253 e. The van der Waals surface area contributed by atoms with E-state index in [2.05, 4.69) is 45.4 Å². The maximum atomic E-state index is 14.5. The van der Waals surface area contributed by atoms with E-state index in [1.807, 2.05) is 11.0 Å². The highest BCUT2D eigenvalue weighted by molar-refractivity contribution is 7.92. The van der Waals surface area contributed by atoms with Gasteiger partial charge in [-0.05, 0) is 118 Å². The summed E-state index contributed by atoms with van der Waals surface area (Å²) in [5, 5.41) is 0. The third-order valence-electron chi connectivity index (χ3n) is 10.9. The van der Waals surface area contributed by atoms with Crippen LogP contribution < -0.4 is 4.72 Å². The molecule has 4 aromatic rings. The number of hydrogen-bond acceptors (Lipinski definition) is 5. The van der Waals surface area contributed by atoms with E-state index in [0.717, 1.165) is 68.2 Å². The highest BCUT2D eigenvalue weighted by atomic mass is 32.2. The van der Waals surface area contributed by atoms with Gasteiger partial charge in [0.15, 0.2) is 0 Å². The second-order valence-electron chi connectivity index (χ2n) is 13.9. The van der Waals surface area contributed by atoms with Crippen LogP contribution in [0.2, 0.25) is 0 Å². The Morgan fingerprint density at radius 1 is 0.957 bits per heavy atom. The number of carbonyl (C=O) groups excluding carboxylic acids is 1. The van der Waals surface area contributed by atoms with Gasteiger partial charge < -0.3 is 9.47 Å². The topological polar surface area (TPSA) is 87.5 Å². The second-order valence-corrected chi connectivity index (χ2v) is 15.7. The van der Waals surface area contributed by atoms with Crippen molar-refractivity contribution >= 4 is 32.7 Å². The van der Waals surface area contributed by atoms with Gasteiger partial charge in [-0.25, -0.2) is 17.8 Å². The fraction of sp³-hybridized carbons (Fsp3) is 0.459. The highest BCUT2D eigenvalue weighted by Gasteiger charge is 2.43. The third kappa shape index (κ3) is 6.54. The van der Waals surface area contributed by atoms with Gasteiger partial charge in [0.1, 0.15) is 11.6 Å². The zero-order chi connectivity index (χ0) is 32.8. The molecule has 8 nitrogen and oxygen atoms in total. The predicted molar refractivity (Wildman–Crippen MR) is 184 cm³/mol. The summed E-state index contributed by atoms with van der Waals surface area (Å²) in [6.45, 7) is 4.29. The fourth-order valence-electron chi connectivity index (χ4n) is 8.80. The van der Waals surface area contributed by atoms with Crippen LogP contribution in [0.1, 0.15) is 79.2 Å². The average molecular weight is 658 g/mol. The van der Waals surface area contributed by atoms with Crippen LogP contribution in [0.25, 0.3) is 11.0 Å². The molecule has 0 spiro atoms. The predicted octanol–water partition coefficient (Wildman–Crippen LogP) is 6.68. The number of aromatic nitrogens is 2. The molecule has 10 heteroatoms. The molecule has 248 valence electrons. The largest absolute Gasteiger partial charge is 0.339 e. The van der Waals surface area contributed by atoms with Crippen LogP contribution in [0.4, 0.5) is 10.1 Å². The first-order chi connectivity index (χ1) is 22.6. The van der Waals surface area contributed by atoms with Gasteiger partial charge in [-0.15, -0.1) is 0 Å². The number of amides is 1. The van der Waals surface area contributed by atoms with Crippen molar-refractivity contribution in [1.29, 1.82) is 0 Å². The van der Waals surface area contributed by atoms with Crippen LogP contribution in [-0.2, 0) is 15.4 Å². The number of hydrogen-bond donors (Lipinski definition) is 1. The van der Waals surface area contributed by atoms with Gasteiger partial charge in [0.2, 0.25) is 10.0 Å². The number of nitrogens with zero attached hydrogens (tertiary/aromatic N) is 4. The van der Waals surface area contributed by atoms with E-state index >= 15 is 0 Å². The Balaban J connectivity index is 1.02. The molecule has 3 aliphatic rings. The minimum atomic E-state index is -3.45. The van der Waals surface area contributed by atoms with Crippen LogP contribution in [0, 0.1) is 12.7 Å². The van der Waals surface area contributed by atoms with E-state index in [0.29, 0.717) is 42.5 Å². The molecule has 3 saturated heterocycles. The normalized spacial score (nSPS) is 22.9. The van der Waals surface area contributed by atoms with Crippen LogP contribution in [0.5, 0.6) is 0 Å². The van der Waals surface area contributed by atoms with E-state index in [1.165, 1.54) is 24.4 Å². The standard InChI is InChI=1S/C37H44FN5O3S/c1-26-39-34-12-3-4-13-35(34)43(26)33-24-31-14-15-32(25-33)42(31)19-7-16-37(28-9-6-10-29(38)23-28)17-20-41(21-18-37)36(44)27-8-5-11-30(22-27)40-47(2,45)46/h3-6,8-13,22-23,31-33,40H,7,14-21,24-25H2,1-2H3. The number of rotatable bonds is 9. The SMILES string of the molecule is Cc1nc2ccccc2n1C1CC2CCC(C1)N2CCCC1(c2cccc(F)c2)CCN(C(=O)c2cccc(NS(C)(=O)=O)c2)CC1. The first-order valence-corrected chi connectivity index (χ1v) is 18.8. The zero-order valence-corrected chi connectivity index (χ0v) is 28.1. The van der Waals surface area contributed by atoms with Crippen molar-refractivity contribution in [3.05, 3.63) is 95.6 Å². The molecule has 2 unspecified atom stereocenters. The van der Waals surface area contributed by atoms with Gasteiger partial charge in [0.05, 0.1) is 17.3 Å². The number of halogens is 1. The van der Waals surface area contributed by atoms with Crippen molar-refractivity contribution < 1.29 is 17.6 Å². The zero-order valence-electron chi connectivity index (χ0n) is 27.2. The van der Waals surface area contributed by atoms with Crippen LogP contribution in [-0.4, -0.2) is 71.6 Å². The Morgan fingerprint density at radius 3 is 2.40 bits per heavy atom. The van der Waals surface area contributed by atoms with Crippen molar-refractivity contribution in [2.24, 2.45) is 0 Å². The number of para-hydroxylation sites is 2. The molecule has 3 aromatic carbocycles. The smallest absolute Gasteiger partial charge is 0.253 e. The van der Waals surface area contributed by atoms with Crippen molar-refractivity contribution in [2.75, 3.05) is 30.6 Å². The molecule has 2 bridgehead atoms. The Hall–Kier alpha value is -3.76. The minimum absolute atomic E-state index is 0.115. The summed E-state index contributed by atoms with van der Waals surface area (Å²) in [4.78, 5) is 22.9. The number of benzene rings is 3. The van der Waals surface area contributed by atoms with E-state index in [9.17, 15) is 17.6 Å². The first-order valence-electron chi connectivity index (χ1n) is 16.9. The number of sulfonamides is 1. The molecule has 1 N–H and O–H groups in total. The monoisotopic (exact) mass is 657 g/mol. The molecule has 1 aromatic heterocycles. The molecule has 7 rings (SSSR count). The van der Waals surface area contributed by atoms with Gasteiger partial charge in [0, 0.05) is 42.5 Å². The summed E-state index contributed by atoms with van der Waals surface area (Å²) in [5.74, 6) is 0.762. The van der Waals surface area contributed by atoms with Crippen LogP contribution in [0.15, 0.2) is 72.8 Å². The minimum Gasteiger partial charge on any atom is -0.339 e. The number of nitrogens with one attached hydrogen (secondary N) is 1. The lowest BCUT2D eigenvalue weighted by Gasteiger charge is -2.44. The van der Waals surface area contributed by atoms with E-state index in [4.69, 9.17) is 4.98 Å². The summed E-state index contributed by atoms with van der Waals surface area (Å²) < 4.78 is 42.9. The van der Waals surface area contributed by atoms with E-state index in [-0.39, 0.29) is 17.1 Å². The second kappa shape index (κ2) is 12.7. The first kappa shape index (κ1) is 31.8. The van der Waals surface area contributed by atoms with Crippen molar-refractivity contribution in [1.82, 2.24) is 19.4 Å². The average Bonchev–Trinajstić information content (AvgIpc) is 3.50. The van der Waals surface area contributed by atoms with Crippen LogP contribution in [0.3, 0.4) is 0 Å². The number of likely N-dealkylation sites (tertiary alicyclic amines) is 1. The number of fused-ring (bicyclic) bond motifs is 3. The van der Waals surface area contributed by atoms with Crippen molar-refractivity contribution in [3.8, 4) is 0 Å².